The van der Waals surface area contributed by atoms with Crippen molar-refractivity contribution in [1.82, 2.24) is 15.2 Å². The minimum Gasteiger partial charge on any atom is -0.497 e. The number of carbonyl (C=O) groups is 1. The number of anilines is 1. The lowest BCUT2D eigenvalue weighted by molar-refractivity contribution is 0.0398. The van der Waals surface area contributed by atoms with Crippen LogP contribution in [0.25, 0.3) is 0 Å². The van der Waals surface area contributed by atoms with E-state index < -0.39 is 0 Å². The first-order valence-electron chi connectivity index (χ1n) is 9.65. The molecule has 150 valence electrons. The molecule has 1 aliphatic heterocycles. The Hall–Kier alpha value is -2.64. The van der Waals surface area contributed by atoms with Crippen LogP contribution >= 0.6 is 0 Å². The van der Waals surface area contributed by atoms with Crippen molar-refractivity contribution in [2.75, 3.05) is 58.4 Å². The van der Waals surface area contributed by atoms with E-state index in [-0.39, 0.29) is 5.91 Å². The molecule has 0 aliphatic carbocycles. The molecule has 1 amide bonds. The van der Waals surface area contributed by atoms with Crippen LogP contribution < -0.4 is 15.4 Å². The Morgan fingerprint density at radius 3 is 2.89 bits per heavy atom. The number of methoxy groups -OCH3 is 1. The molecule has 0 bridgehead atoms. The number of hydrogen-bond donors (Lipinski definition) is 2. The molecule has 0 atom stereocenters. The minimum atomic E-state index is -0.118. The van der Waals surface area contributed by atoms with Crippen molar-refractivity contribution < 1.29 is 14.3 Å². The van der Waals surface area contributed by atoms with Crippen molar-refractivity contribution in [1.29, 1.82) is 0 Å². The molecule has 2 heterocycles. The average Bonchev–Trinajstić information content (AvgIpc) is 2.75. The third-order valence-corrected chi connectivity index (χ3v) is 4.69. The van der Waals surface area contributed by atoms with E-state index in [0.717, 1.165) is 62.8 Å². The van der Waals surface area contributed by atoms with E-state index in [1.807, 2.05) is 30.3 Å². The highest BCUT2D eigenvalue weighted by atomic mass is 16.5. The van der Waals surface area contributed by atoms with Crippen LogP contribution in [0.1, 0.15) is 15.9 Å². The van der Waals surface area contributed by atoms with Crippen molar-refractivity contribution in [3.8, 4) is 5.75 Å². The summed E-state index contributed by atoms with van der Waals surface area (Å²) in [5, 5.41) is 6.29. The molecule has 1 aromatic carbocycles. The molecule has 1 fully saturated rings. The molecule has 3 rings (SSSR count). The highest BCUT2D eigenvalue weighted by molar-refractivity contribution is 5.94. The van der Waals surface area contributed by atoms with E-state index in [1.54, 1.807) is 19.5 Å². The first-order chi connectivity index (χ1) is 13.7. The Morgan fingerprint density at radius 1 is 1.21 bits per heavy atom. The summed E-state index contributed by atoms with van der Waals surface area (Å²) >= 11 is 0. The topological polar surface area (TPSA) is 75.7 Å². The molecular formula is C21H28N4O3. The summed E-state index contributed by atoms with van der Waals surface area (Å²) in [6.45, 7) is 5.84. The Labute approximate surface area is 166 Å². The van der Waals surface area contributed by atoms with Gasteiger partial charge in [0.25, 0.3) is 5.91 Å². The Bertz CT molecular complexity index is 763. The molecule has 0 saturated carbocycles. The van der Waals surface area contributed by atoms with Gasteiger partial charge in [-0.3, -0.25) is 14.7 Å². The molecule has 28 heavy (non-hydrogen) atoms. The third kappa shape index (κ3) is 6.21. The SMILES string of the molecule is COc1cccc(CCNC(=O)c2cncc(NCCN3CCOCC3)c2)c1. The quantitative estimate of drug-likeness (QED) is 0.687. The zero-order valence-corrected chi connectivity index (χ0v) is 16.3. The van der Waals surface area contributed by atoms with E-state index in [2.05, 4.69) is 20.5 Å². The molecule has 7 heteroatoms. The van der Waals surface area contributed by atoms with Gasteiger partial charge in [-0.25, -0.2) is 0 Å². The summed E-state index contributed by atoms with van der Waals surface area (Å²) in [6.07, 6.45) is 4.08. The van der Waals surface area contributed by atoms with Crippen LogP contribution in [0.4, 0.5) is 5.69 Å². The fourth-order valence-electron chi connectivity index (χ4n) is 3.09. The van der Waals surface area contributed by atoms with Gasteiger partial charge in [0.2, 0.25) is 0 Å². The first kappa shape index (κ1) is 20.1. The molecule has 1 saturated heterocycles. The maximum atomic E-state index is 12.4. The van der Waals surface area contributed by atoms with E-state index in [0.29, 0.717) is 12.1 Å². The van der Waals surface area contributed by atoms with Gasteiger partial charge in [0.15, 0.2) is 0 Å². The largest absolute Gasteiger partial charge is 0.497 e. The van der Waals surface area contributed by atoms with Crippen LogP contribution in [0.5, 0.6) is 5.75 Å². The van der Waals surface area contributed by atoms with E-state index >= 15 is 0 Å². The van der Waals surface area contributed by atoms with Gasteiger partial charge >= 0.3 is 0 Å². The maximum absolute atomic E-state index is 12.4. The lowest BCUT2D eigenvalue weighted by Gasteiger charge is -2.26. The third-order valence-electron chi connectivity index (χ3n) is 4.69. The van der Waals surface area contributed by atoms with Crippen molar-refractivity contribution in [2.45, 2.75) is 6.42 Å². The lowest BCUT2D eigenvalue weighted by Crippen LogP contribution is -2.39. The van der Waals surface area contributed by atoms with Crippen LogP contribution in [0.3, 0.4) is 0 Å². The summed E-state index contributed by atoms with van der Waals surface area (Å²) in [4.78, 5) is 19.0. The van der Waals surface area contributed by atoms with E-state index in [9.17, 15) is 4.79 Å². The zero-order valence-electron chi connectivity index (χ0n) is 16.3. The molecule has 0 radical (unpaired) electrons. The standard InChI is InChI=1S/C21H28N4O3/c1-27-20-4-2-3-17(13-20)5-6-24-21(26)18-14-19(16-22-15-18)23-7-8-25-9-11-28-12-10-25/h2-4,13-16,23H,5-12H2,1H3,(H,24,26). The fourth-order valence-corrected chi connectivity index (χ4v) is 3.09. The van der Waals surface area contributed by atoms with Crippen molar-refractivity contribution in [2.24, 2.45) is 0 Å². The van der Waals surface area contributed by atoms with Crippen molar-refractivity contribution in [3.63, 3.8) is 0 Å². The van der Waals surface area contributed by atoms with Gasteiger partial charge in [0.1, 0.15) is 5.75 Å². The van der Waals surface area contributed by atoms with Crippen LogP contribution in [0, 0.1) is 0 Å². The zero-order chi connectivity index (χ0) is 19.6. The van der Waals surface area contributed by atoms with Crippen molar-refractivity contribution in [3.05, 3.63) is 53.9 Å². The second kappa shape index (κ2) is 10.6. The number of nitrogens with one attached hydrogen (secondary N) is 2. The van der Waals surface area contributed by atoms with Gasteiger partial charge in [-0.1, -0.05) is 12.1 Å². The van der Waals surface area contributed by atoms with Gasteiger partial charge in [0, 0.05) is 45.1 Å². The molecule has 0 spiro atoms. The minimum absolute atomic E-state index is 0.118. The molecular weight excluding hydrogens is 356 g/mol. The predicted octanol–water partition coefficient (Wildman–Crippen LogP) is 1.81. The smallest absolute Gasteiger partial charge is 0.252 e. The number of hydrogen-bond acceptors (Lipinski definition) is 6. The molecule has 1 aliphatic rings. The van der Waals surface area contributed by atoms with Gasteiger partial charge in [-0.2, -0.15) is 0 Å². The number of pyridine rings is 1. The highest BCUT2D eigenvalue weighted by Gasteiger charge is 2.10. The predicted molar refractivity (Wildman–Crippen MR) is 109 cm³/mol. The molecule has 0 unspecified atom stereocenters. The monoisotopic (exact) mass is 384 g/mol. The van der Waals surface area contributed by atoms with Crippen molar-refractivity contribution >= 4 is 11.6 Å². The fraction of sp³-hybridized carbons (Fsp3) is 0.429. The van der Waals surface area contributed by atoms with Crippen LogP contribution in [0.15, 0.2) is 42.7 Å². The van der Waals surface area contributed by atoms with E-state index in [1.165, 1.54) is 0 Å². The second-order valence-electron chi connectivity index (χ2n) is 6.70. The maximum Gasteiger partial charge on any atom is 0.252 e. The number of amides is 1. The van der Waals surface area contributed by atoms with E-state index in [4.69, 9.17) is 9.47 Å². The highest BCUT2D eigenvalue weighted by Crippen LogP contribution is 2.13. The number of morpholine rings is 1. The number of benzene rings is 1. The molecule has 2 N–H and O–H groups in total. The van der Waals surface area contributed by atoms with Gasteiger partial charge in [-0.15, -0.1) is 0 Å². The Morgan fingerprint density at radius 2 is 2.07 bits per heavy atom. The average molecular weight is 384 g/mol. The number of aromatic nitrogens is 1. The van der Waals surface area contributed by atoms with Crippen LogP contribution in [-0.2, 0) is 11.2 Å². The number of ether oxygens (including phenoxy) is 2. The van der Waals surface area contributed by atoms with Gasteiger partial charge in [-0.05, 0) is 30.2 Å². The molecule has 1 aromatic heterocycles. The van der Waals surface area contributed by atoms with Crippen LogP contribution in [-0.4, -0.2) is 68.8 Å². The second-order valence-corrected chi connectivity index (χ2v) is 6.70. The summed E-state index contributed by atoms with van der Waals surface area (Å²) in [7, 11) is 1.65. The summed E-state index contributed by atoms with van der Waals surface area (Å²) in [6, 6.07) is 9.70. The number of nitrogens with zero attached hydrogens (tertiary/aromatic N) is 2. The summed E-state index contributed by atoms with van der Waals surface area (Å²) in [5.41, 5.74) is 2.53. The number of rotatable bonds is 9. The Kier molecular flexibility index (Phi) is 7.63. The molecule has 7 nitrogen and oxygen atoms in total. The van der Waals surface area contributed by atoms with Gasteiger partial charge < -0.3 is 20.1 Å². The summed E-state index contributed by atoms with van der Waals surface area (Å²) in [5.74, 6) is 0.705. The van der Waals surface area contributed by atoms with Gasteiger partial charge in [0.05, 0.1) is 31.6 Å². The first-order valence-corrected chi connectivity index (χ1v) is 9.65. The summed E-state index contributed by atoms with van der Waals surface area (Å²) < 4.78 is 10.6. The normalized spacial score (nSPS) is 14.5. The molecule has 2 aromatic rings. The lowest BCUT2D eigenvalue weighted by atomic mass is 10.1. The number of carbonyl (C=O) groups excluding carboxylic acids is 1. The van der Waals surface area contributed by atoms with Crippen LogP contribution in [0.2, 0.25) is 0 Å². The Balaban J connectivity index is 1.43.